The van der Waals surface area contributed by atoms with Crippen molar-refractivity contribution in [2.75, 3.05) is 17.3 Å². The number of amides is 1. The highest BCUT2D eigenvalue weighted by atomic mass is 32.2. The van der Waals surface area contributed by atoms with E-state index in [0.29, 0.717) is 5.69 Å². The van der Waals surface area contributed by atoms with Crippen LogP contribution in [-0.2, 0) is 9.84 Å². The summed E-state index contributed by atoms with van der Waals surface area (Å²) in [7, 11) is -3.50. The molecule has 0 radical (unpaired) electrons. The Kier molecular flexibility index (Phi) is 7.53. The van der Waals surface area contributed by atoms with Crippen LogP contribution < -0.4 is 5.32 Å². The largest absolute Gasteiger partial charge is 0.322 e. The molecule has 3 rings (SSSR count). The van der Waals surface area contributed by atoms with Gasteiger partial charge in [-0.15, -0.1) is 23.2 Å². The number of nitrogens with zero attached hydrogens (tertiary/aromatic N) is 1. The normalized spacial score (nSPS) is 11.1. The Bertz CT molecular complexity index is 1220. The van der Waals surface area contributed by atoms with Gasteiger partial charge >= 0.3 is 0 Å². The number of aromatic nitrogens is 1. The molecule has 2 aromatic carbocycles. The number of fused-ring (bicyclic) bond motifs is 1. The summed E-state index contributed by atoms with van der Waals surface area (Å²) in [6.07, 6.45) is 3.95. The van der Waals surface area contributed by atoms with Crippen LogP contribution in [0, 0.1) is 11.8 Å². The first-order valence-electron chi connectivity index (χ1n) is 9.48. The molecule has 0 aliphatic heterocycles. The first-order chi connectivity index (χ1) is 14.4. The molecule has 1 aromatic heterocycles. The molecule has 0 saturated carbocycles. The minimum absolute atomic E-state index is 0.0158. The van der Waals surface area contributed by atoms with Gasteiger partial charge in [0.2, 0.25) is 0 Å². The molecule has 0 saturated heterocycles. The van der Waals surface area contributed by atoms with Gasteiger partial charge in [0, 0.05) is 30.5 Å². The topological polar surface area (TPSA) is 76.1 Å². The van der Waals surface area contributed by atoms with E-state index in [4.69, 9.17) is 0 Å². The molecule has 1 N–H and O–H groups in total. The quantitative estimate of drug-likeness (QED) is 0.298. The zero-order valence-electron chi connectivity index (χ0n) is 16.8. The lowest BCUT2D eigenvalue weighted by Gasteiger charge is -2.09. The van der Waals surface area contributed by atoms with E-state index in [1.54, 1.807) is 41.3 Å². The van der Waals surface area contributed by atoms with Gasteiger partial charge in [-0.25, -0.2) is 13.4 Å². The Labute approximate surface area is 185 Å². The Morgan fingerprint density at radius 2 is 1.93 bits per heavy atom. The van der Waals surface area contributed by atoms with Crippen LogP contribution in [0.3, 0.4) is 0 Å². The molecule has 156 valence electrons. The minimum atomic E-state index is -3.50. The van der Waals surface area contributed by atoms with Gasteiger partial charge in [-0.2, -0.15) is 0 Å². The van der Waals surface area contributed by atoms with Crippen molar-refractivity contribution in [3.05, 3.63) is 48.0 Å². The highest BCUT2D eigenvalue weighted by Crippen LogP contribution is 2.31. The molecule has 0 aliphatic carbocycles. The van der Waals surface area contributed by atoms with Crippen molar-refractivity contribution >= 4 is 54.7 Å². The molecular formula is C22H22N2O3S3. The number of benzene rings is 2. The second kappa shape index (κ2) is 10.1. The number of rotatable bonds is 7. The van der Waals surface area contributed by atoms with Crippen molar-refractivity contribution in [2.24, 2.45) is 0 Å². The maximum Gasteiger partial charge on any atom is 0.256 e. The fraction of sp³-hybridized carbons (Fsp3) is 0.273. The molecule has 0 unspecified atom stereocenters. The molecule has 0 bridgehead atoms. The Balaban J connectivity index is 1.71. The van der Waals surface area contributed by atoms with Gasteiger partial charge < -0.3 is 5.32 Å². The van der Waals surface area contributed by atoms with Gasteiger partial charge in [0.05, 0.1) is 20.7 Å². The molecule has 0 fully saturated rings. The third-order valence-corrected chi connectivity index (χ3v) is 7.43. The van der Waals surface area contributed by atoms with Gasteiger partial charge in [0.1, 0.15) is 0 Å². The predicted octanol–water partition coefficient (Wildman–Crippen LogP) is 5.24. The van der Waals surface area contributed by atoms with Crippen LogP contribution in [-0.4, -0.2) is 31.3 Å². The van der Waals surface area contributed by atoms with Crippen molar-refractivity contribution in [1.82, 2.24) is 4.98 Å². The summed E-state index contributed by atoms with van der Waals surface area (Å²) in [6, 6.07) is 11.7. The molecule has 0 aliphatic rings. The number of hydrogen-bond donors (Lipinski definition) is 1. The monoisotopic (exact) mass is 458 g/mol. The first kappa shape index (κ1) is 22.3. The molecule has 0 atom stereocenters. The molecule has 1 heterocycles. The van der Waals surface area contributed by atoms with E-state index in [-0.39, 0.29) is 10.5 Å². The number of unbranched alkanes of at least 4 members (excludes halogenated alkanes) is 1. The van der Waals surface area contributed by atoms with Crippen LogP contribution in [0.4, 0.5) is 5.69 Å². The molecular weight excluding hydrogens is 436 g/mol. The van der Waals surface area contributed by atoms with Crippen molar-refractivity contribution in [3.63, 3.8) is 0 Å². The first-order valence-corrected chi connectivity index (χ1v) is 13.2. The predicted molar refractivity (Wildman–Crippen MR) is 125 cm³/mol. The smallest absolute Gasteiger partial charge is 0.256 e. The number of carbonyl (C=O) groups excluding carboxylic acids is 1. The van der Waals surface area contributed by atoms with E-state index < -0.39 is 15.7 Å². The van der Waals surface area contributed by atoms with Crippen LogP contribution in [0.2, 0.25) is 0 Å². The van der Waals surface area contributed by atoms with Crippen LogP contribution >= 0.6 is 23.1 Å². The van der Waals surface area contributed by atoms with Crippen LogP contribution in [0.25, 0.3) is 10.2 Å². The zero-order valence-corrected chi connectivity index (χ0v) is 19.2. The molecule has 5 nitrogen and oxygen atoms in total. The van der Waals surface area contributed by atoms with Gasteiger partial charge in [-0.3, -0.25) is 4.79 Å². The van der Waals surface area contributed by atoms with Crippen molar-refractivity contribution in [3.8, 4) is 11.8 Å². The average molecular weight is 459 g/mol. The number of thiazole rings is 1. The van der Waals surface area contributed by atoms with Gasteiger partial charge in [0.15, 0.2) is 14.2 Å². The van der Waals surface area contributed by atoms with E-state index in [1.807, 2.05) is 12.1 Å². The summed E-state index contributed by atoms with van der Waals surface area (Å²) in [5, 5.41) is 2.79. The maximum atomic E-state index is 12.7. The van der Waals surface area contributed by atoms with E-state index in [1.165, 1.54) is 12.1 Å². The van der Waals surface area contributed by atoms with Crippen molar-refractivity contribution in [1.29, 1.82) is 0 Å². The van der Waals surface area contributed by atoms with Gasteiger partial charge in [-0.05, 0) is 36.8 Å². The van der Waals surface area contributed by atoms with E-state index >= 15 is 0 Å². The third kappa shape index (κ3) is 5.85. The second-order valence-electron chi connectivity index (χ2n) is 6.59. The number of thioether (sulfide) groups is 1. The highest BCUT2D eigenvalue weighted by Gasteiger charge is 2.18. The van der Waals surface area contributed by atoms with E-state index in [9.17, 15) is 13.2 Å². The summed E-state index contributed by atoms with van der Waals surface area (Å²) in [6.45, 7) is 2.12. The number of sulfone groups is 1. The summed E-state index contributed by atoms with van der Waals surface area (Å²) >= 11 is 3.24. The van der Waals surface area contributed by atoms with E-state index in [2.05, 4.69) is 29.1 Å². The van der Waals surface area contributed by atoms with Crippen molar-refractivity contribution in [2.45, 2.75) is 35.4 Å². The molecule has 1 amide bonds. The van der Waals surface area contributed by atoms with Crippen LogP contribution in [0.1, 0.15) is 36.5 Å². The molecule has 3 aromatic rings. The second-order valence-corrected chi connectivity index (χ2v) is 10.9. The summed E-state index contributed by atoms with van der Waals surface area (Å²) in [5.74, 6) is 6.74. The van der Waals surface area contributed by atoms with Gasteiger partial charge in [-0.1, -0.05) is 30.8 Å². The van der Waals surface area contributed by atoms with E-state index in [0.717, 1.165) is 45.8 Å². The van der Waals surface area contributed by atoms with Crippen molar-refractivity contribution < 1.29 is 13.2 Å². The number of carbonyl (C=O) groups is 1. The summed E-state index contributed by atoms with van der Waals surface area (Å²) < 4.78 is 25.8. The summed E-state index contributed by atoms with van der Waals surface area (Å²) in [4.78, 5) is 17.3. The summed E-state index contributed by atoms with van der Waals surface area (Å²) in [5.41, 5.74) is 1.60. The molecule has 8 heteroatoms. The highest BCUT2D eigenvalue weighted by molar-refractivity contribution is 8.01. The lowest BCUT2D eigenvalue weighted by atomic mass is 10.2. The number of hydrogen-bond acceptors (Lipinski definition) is 6. The Hall–Kier alpha value is -2.34. The fourth-order valence-electron chi connectivity index (χ4n) is 2.71. The van der Waals surface area contributed by atoms with Gasteiger partial charge in [0.25, 0.3) is 5.91 Å². The van der Waals surface area contributed by atoms with Crippen LogP contribution in [0.15, 0.2) is 51.7 Å². The zero-order chi connectivity index (χ0) is 21.6. The fourth-order valence-corrected chi connectivity index (χ4v) is 5.63. The number of anilines is 1. The molecule has 30 heavy (non-hydrogen) atoms. The average Bonchev–Trinajstić information content (AvgIpc) is 3.12. The van der Waals surface area contributed by atoms with Crippen LogP contribution in [0.5, 0.6) is 0 Å². The lowest BCUT2D eigenvalue weighted by molar-refractivity contribution is 0.102. The Morgan fingerprint density at radius 1 is 1.17 bits per heavy atom. The molecule has 0 spiro atoms. The Morgan fingerprint density at radius 3 is 2.70 bits per heavy atom. The SMILES string of the molecule is CCCC#CCCSc1nc2ccc(NC(=O)c3ccccc3S(C)(=O)=O)cc2s1. The number of nitrogens with one attached hydrogen (secondary N) is 1. The maximum absolute atomic E-state index is 12.7. The minimum Gasteiger partial charge on any atom is -0.322 e. The lowest BCUT2D eigenvalue weighted by Crippen LogP contribution is -2.15. The third-order valence-electron chi connectivity index (χ3n) is 4.11. The standard InChI is InChI=1S/C22H22N2O3S3/c1-3-4-5-6-9-14-28-22-24-18-13-12-16(15-19(18)29-22)23-21(25)17-10-7-8-11-20(17)30(2,26)27/h7-8,10-13,15H,3-4,9,14H2,1-2H3,(H,23,25).